The molecule has 2 N–H and O–H groups in total. The molecule has 2 aliphatic rings. The molecule has 1 aromatic rings. The van der Waals surface area contributed by atoms with E-state index in [0.717, 1.165) is 18.7 Å². The average Bonchev–Trinajstić information content (AvgIpc) is 2.63. The number of imidazole rings is 1. The Balaban J connectivity index is 2.22. The number of hydrogen-bond acceptors (Lipinski definition) is 3. The van der Waals surface area contributed by atoms with Crippen LogP contribution in [0, 0.1) is 0 Å². The maximum absolute atomic E-state index is 6.16. The minimum absolute atomic E-state index is 0.227. The zero-order valence-electron chi connectivity index (χ0n) is 11.9. The third kappa shape index (κ3) is 1.48. The third-order valence-electron chi connectivity index (χ3n) is 4.16. The Labute approximate surface area is 109 Å². The molecule has 100 valence electrons. The van der Waals surface area contributed by atoms with E-state index in [1.165, 1.54) is 11.5 Å². The maximum atomic E-state index is 6.16. The number of ether oxygens (including phenoxy) is 1. The first-order chi connectivity index (χ1) is 8.22. The van der Waals surface area contributed by atoms with E-state index in [4.69, 9.17) is 15.5 Å². The van der Waals surface area contributed by atoms with Gasteiger partial charge >= 0.3 is 0 Å². The number of fused-ring (bicyclic) bond motifs is 3. The molecule has 0 saturated heterocycles. The third-order valence-corrected chi connectivity index (χ3v) is 4.16. The van der Waals surface area contributed by atoms with Crippen LogP contribution < -0.4 is 5.73 Å². The Kier molecular flexibility index (Phi) is 2.28. The van der Waals surface area contributed by atoms with Crippen LogP contribution in [0.4, 0.5) is 0 Å². The molecular weight excluding hydrogens is 226 g/mol. The standard InChI is InChI=1S/C14H23N3O/c1-8-6-9(15)7-17-11-10(16-12(8)17)13(2,3)18-14(11,4)5/h8-9H,6-7,15H2,1-5H3. The van der Waals surface area contributed by atoms with E-state index in [0.29, 0.717) is 5.92 Å². The highest BCUT2D eigenvalue weighted by Crippen LogP contribution is 2.48. The second-order valence-corrected chi connectivity index (χ2v) is 6.80. The van der Waals surface area contributed by atoms with E-state index in [1.807, 2.05) is 0 Å². The summed E-state index contributed by atoms with van der Waals surface area (Å²) in [5, 5.41) is 0. The summed E-state index contributed by atoms with van der Waals surface area (Å²) in [5.41, 5.74) is 7.91. The summed E-state index contributed by atoms with van der Waals surface area (Å²) in [6.07, 6.45) is 1.03. The highest BCUT2D eigenvalue weighted by molar-refractivity contribution is 5.34. The zero-order valence-corrected chi connectivity index (χ0v) is 11.9. The summed E-state index contributed by atoms with van der Waals surface area (Å²) in [5.74, 6) is 1.62. The topological polar surface area (TPSA) is 53.1 Å². The van der Waals surface area contributed by atoms with Gasteiger partial charge < -0.3 is 15.0 Å². The number of rotatable bonds is 0. The molecule has 18 heavy (non-hydrogen) atoms. The van der Waals surface area contributed by atoms with Gasteiger partial charge in [0.25, 0.3) is 0 Å². The van der Waals surface area contributed by atoms with E-state index in [9.17, 15) is 0 Å². The summed E-state index contributed by atoms with van der Waals surface area (Å²) in [7, 11) is 0. The Morgan fingerprint density at radius 1 is 1.28 bits per heavy atom. The van der Waals surface area contributed by atoms with E-state index in [-0.39, 0.29) is 17.2 Å². The lowest BCUT2D eigenvalue weighted by Crippen LogP contribution is -2.36. The molecule has 2 atom stereocenters. The van der Waals surface area contributed by atoms with Crippen LogP contribution in [0.25, 0.3) is 0 Å². The van der Waals surface area contributed by atoms with Crippen LogP contribution in [0.3, 0.4) is 0 Å². The lowest BCUT2D eigenvalue weighted by molar-refractivity contribution is -0.109. The van der Waals surface area contributed by atoms with Crippen LogP contribution >= 0.6 is 0 Å². The summed E-state index contributed by atoms with van der Waals surface area (Å²) in [6.45, 7) is 11.5. The van der Waals surface area contributed by atoms with Gasteiger partial charge in [-0.1, -0.05) is 6.92 Å². The Morgan fingerprint density at radius 2 is 1.94 bits per heavy atom. The quantitative estimate of drug-likeness (QED) is 0.767. The van der Waals surface area contributed by atoms with Gasteiger partial charge in [-0.05, 0) is 34.1 Å². The summed E-state index contributed by atoms with van der Waals surface area (Å²) in [4.78, 5) is 4.88. The molecule has 0 bridgehead atoms. The first-order valence-electron chi connectivity index (χ1n) is 6.79. The van der Waals surface area contributed by atoms with Gasteiger partial charge in [0, 0.05) is 18.5 Å². The number of aromatic nitrogens is 2. The molecule has 0 aliphatic carbocycles. The average molecular weight is 249 g/mol. The van der Waals surface area contributed by atoms with Crippen molar-refractivity contribution in [3.8, 4) is 0 Å². The summed E-state index contributed by atoms with van der Waals surface area (Å²) >= 11 is 0. The second kappa shape index (κ2) is 3.36. The van der Waals surface area contributed by atoms with Crippen molar-refractivity contribution < 1.29 is 4.74 Å². The van der Waals surface area contributed by atoms with Crippen LogP contribution in [0.15, 0.2) is 0 Å². The fraction of sp³-hybridized carbons (Fsp3) is 0.786. The van der Waals surface area contributed by atoms with Gasteiger partial charge in [0.2, 0.25) is 0 Å². The van der Waals surface area contributed by atoms with Gasteiger partial charge in [-0.25, -0.2) is 4.98 Å². The molecule has 0 aromatic carbocycles. The minimum atomic E-state index is -0.299. The van der Waals surface area contributed by atoms with Gasteiger partial charge in [0.1, 0.15) is 17.0 Å². The smallest absolute Gasteiger partial charge is 0.112 e. The molecular formula is C14H23N3O. The number of hydrogen-bond donors (Lipinski definition) is 1. The monoisotopic (exact) mass is 249 g/mol. The van der Waals surface area contributed by atoms with Crippen molar-refractivity contribution >= 4 is 0 Å². The van der Waals surface area contributed by atoms with Crippen LogP contribution in [0.1, 0.15) is 64.2 Å². The zero-order chi connectivity index (χ0) is 13.3. The van der Waals surface area contributed by atoms with E-state index >= 15 is 0 Å². The molecule has 0 fully saturated rings. The second-order valence-electron chi connectivity index (χ2n) is 6.80. The van der Waals surface area contributed by atoms with Crippen LogP contribution in [-0.4, -0.2) is 15.6 Å². The van der Waals surface area contributed by atoms with Gasteiger partial charge in [0.05, 0.1) is 11.4 Å². The number of nitrogens with zero attached hydrogens (tertiary/aromatic N) is 2. The normalized spacial score (nSPS) is 32.1. The van der Waals surface area contributed by atoms with Crippen molar-refractivity contribution in [3.63, 3.8) is 0 Å². The largest absolute Gasteiger partial charge is 0.357 e. The molecule has 4 heteroatoms. The van der Waals surface area contributed by atoms with Crippen molar-refractivity contribution in [2.45, 2.75) is 70.7 Å². The molecule has 1 aromatic heterocycles. The van der Waals surface area contributed by atoms with Crippen LogP contribution in [-0.2, 0) is 22.5 Å². The fourth-order valence-corrected chi connectivity index (χ4v) is 3.66. The highest BCUT2D eigenvalue weighted by atomic mass is 16.5. The van der Waals surface area contributed by atoms with Crippen molar-refractivity contribution in [3.05, 3.63) is 17.2 Å². The molecule has 4 nitrogen and oxygen atoms in total. The van der Waals surface area contributed by atoms with E-state index in [1.54, 1.807) is 0 Å². The molecule has 3 heterocycles. The van der Waals surface area contributed by atoms with Gasteiger partial charge in [0.15, 0.2) is 0 Å². The Bertz CT molecular complexity index is 501. The van der Waals surface area contributed by atoms with Gasteiger partial charge in [-0.15, -0.1) is 0 Å². The molecule has 0 spiro atoms. The lowest BCUT2D eigenvalue weighted by atomic mass is 9.96. The molecule has 2 unspecified atom stereocenters. The first-order valence-corrected chi connectivity index (χ1v) is 6.79. The SMILES string of the molecule is CC1CC(N)Cn2c1nc1c2C(C)(C)OC1(C)C. The fourth-order valence-electron chi connectivity index (χ4n) is 3.66. The minimum Gasteiger partial charge on any atom is -0.357 e. The Hall–Kier alpha value is -0.870. The maximum Gasteiger partial charge on any atom is 0.112 e. The Morgan fingerprint density at radius 3 is 2.61 bits per heavy atom. The van der Waals surface area contributed by atoms with Crippen molar-refractivity contribution in [1.82, 2.24) is 9.55 Å². The molecule has 3 rings (SSSR count). The van der Waals surface area contributed by atoms with Crippen molar-refractivity contribution in [2.24, 2.45) is 5.73 Å². The van der Waals surface area contributed by atoms with Gasteiger partial charge in [-0.3, -0.25) is 0 Å². The van der Waals surface area contributed by atoms with Crippen molar-refractivity contribution in [2.75, 3.05) is 0 Å². The van der Waals surface area contributed by atoms with Crippen molar-refractivity contribution in [1.29, 1.82) is 0 Å². The highest BCUT2D eigenvalue weighted by Gasteiger charge is 2.49. The number of nitrogens with two attached hydrogens (primary N) is 1. The molecule has 0 amide bonds. The lowest BCUT2D eigenvalue weighted by Gasteiger charge is -2.31. The molecule has 2 aliphatic heterocycles. The van der Waals surface area contributed by atoms with Gasteiger partial charge in [-0.2, -0.15) is 0 Å². The summed E-state index contributed by atoms with van der Waals surface area (Å²) < 4.78 is 8.47. The predicted octanol–water partition coefficient (Wildman–Crippen LogP) is 2.22. The van der Waals surface area contributed by atoms with E-state index < -0.39 is 0 Å². The molecule has 0 saturated carbocycles. The van der Waals surface area contributed by atoms with Crippen LogP contribution in [0.2, 0.25) is 0 Å². The van der Waals surface area contributed by atoms with Crippen LogP contribution in [0.5, 0.6) is 0 Å². The summed E-state index contributed by atoms with van der Waals surface area (Å²) in [6, 6.07) is 0.227. The molecule has 0 radical (unpaired) electrons. The predicted molar refractivity (Wildman–Crippen MR) is 70.4 cm³/mol. The van der Waals surface area contributed by atoms with E-state index in [2.05, 4.69) is 39.2 Å². The first kappa shape index (κ1) is 12.2.